The molecule has 0 saturated heterocycles. The van der Waals surface area contributed by atoms with E-state index in [0.717, 1.165) is 16.8 Å². The number of nitrogen functional groups attached to an aromatic ring is 1. The van der Waals surface area contributed by atoms with Crippen LogP contribution in [0.4, 0.5) is 5.95 Å². The van der Waals surface area contributed by atoms with Gasteiger partial charge in [0.05, 0.1) is 12.0 Å². The van der Waals surface area contributed by atoms with Crippen LogP contribution < -0.4 is 5.73 Å². The van der Waals surface area contributed by atoms with Gasteiger partial charge in [-0.1, -0.05) is 18.2 Å². The number of rotatable bonds is 2. The highest BCUT2D eigenvalue weighted by atomic mass is 16.3. The van der Waals surface area contributed by atoms with Gasteiger partial charge in [-0.05, 0) is 11.6 Å². The van der Waals surface area contributed by atoms with Crippen molar-refractivity contribution in [2.24, 2.45) is 0 Å². The number of fused-ring (bicyclic) bond motifs is 1. The Bertz CT molecular complexity index is 707. The van der Waals surface area contributed by atoms with Gasteiger partial charge < -0.3 is 15.8 Å². The van der Waals surface area contributed by atoms with Crippen LogP contribution in [-0.2, 0) is 6.42 Å². The second-order valence-electron chi connectivity index (χ2n) is 3.94. The minimum Gasteiger partial charge on any atom is -0.508 e. The van der Waals surface area contributed by atoms with Gasteiger partial charge in [0.2, 0.25) is 5.95 Å². The summed E-state index contributed by atoms with van der Waals surface area (Å²) in [5, 5.41) is 9.76. The molecule has 4 N–H and O–H groups in total. The Morgan fingerprint density at radius 3 is 2.89 bits per heavy atom. The molecule has 0 aliphatic rings. The fourth-order valence-corrected chi connectivity index (χ4v) is 1.88. The number of imidazole rings is 1. The lowest BCUT2D eigenvalue weighted by Gasteiger charge is -2.05. The third-order valence-corrected chi connectivity index (χ3v) is 2.73. The van der Waals surface area contributed by atoms with Crippen LogP contribution in [0.1, 0.15) is 11.3 Å². The van der Waals surface area contributed by atoms with E-state index in [9.17, 15) is 5.11 Å². The van der Waals surface area contributed by atoms with E-state index in [-0.39, 0.29) is 11.7 Å². The maximum absolute atomic E-state index is 9.76. The molecule has 18 heavy (non-hydrogen) atoms. The number of para-hydroxylation sites is 1. The molecule has 0 aliphatic carbocycles. The quantitative estimate of drug-likeness (QED) is 0.626. The molecule has 3 aromatic rings. The summed E-state index contributed by atoms with van der Waals surface area (Å²) in [6, 6.07) is 7.13. The van der Waals surface area contributed by atoms with Crippen molar-refractivity contribution < 1.29 is 5.11 Å². The standard InChI is InChI=1S/C12H11N5O/c13-12-16-8(10-11(17-12)15-6-14-10)5-7-3-1-2-4-9(7)18/h1-4,6,18H,5H2,(H3,13,14,15,16,17). The van der Waals surface area contributed by atoms with Crippen LogP contribution in [0.2, 0.25) is 0 Å². The molecule has 0 aliphatic heterocycles. The van der Waals surface area contributed by atoms with Crippen LogP contribution in [0, 0.1) is 0 Å². The lowest BCUT2D eigenvalue weighted by molar-refractivity contribution is 0.469. The Labute approximate surface area is 103 Å². The van der Waals surface area contributed by atoms with E-state index in [4.69, 9.17) is 5.73 Å². The molecule has 0 spiro atoms. The predicted molar refractivity (Wildman–Crippen MR) is 67.0 cm³/mol. The van der Waals surface area contributed by atoms with Gasteiger partial charge in [0, 0.05) is 6.42 Å². The van der Waals surface area contributed by atoms with E-state index in [1.165, 1.54) is 0 Å². The third kappa shape index (κ3) is 1.73. The number of hydrogen-bond donors (Lipinski definition) is 3. The molecule has 2 heterocycles. The van der Waals surface area contributed by atoms with Crippen molar-refractivity contribution in [3.63, 3.8) is 0 Å². The van der Waals surface area contributed by atoms with Crippen molar-refractivity contribution in [2.45, 2.75) is 6.42 Å². The second kappa shape index (κ2) is 3.99. The molecule has 0 fully saturated rings. The Morgan fingerprint density at radius 1 is 1.22 bits per heavy atom. The van der Waals surface area contributed by atoms with Gasteiger partial charge in [-0.15, -0.1) is 0 Å². The minimum absolute atomic E-state index is 0.181. The lowest BCUT2D eigenvalue weighted by Crippen LogP contribution is -2.01. The number of aromatic hydroxyl groups is 1. The molecule has 90 valence electrons. The number of hydrogen-bond acceptors (Lipinski definition) is 5. The Hall–Kier alpha value is -2.63. The van der Waals surface area contributed by atoms with E-state index in [2.05, 4.69) is 19.9 Å². The summed E-state index contributed by atoms with van der Waals surface area (Å²) in [5.41, 5.74) is 8.42. The molecule has 0 unspecified atom stereocenters. The van der Waals surface area contributed by atoms with Crippen molar-refractivity contribution in [2.75, 3.05) is 5.73 Å². The fraction of sp³-hybridized carbons (Fsp3) is 0.0833. The highest BCUT2D eigenvalue weighted by Gasteiger charge is 2.10. The summed E-state index contributed by atoms with van der Waals surface area (Å²) in [6.07, 6.45) is 2.02. The zero-order valence-corrected chi connectivity index (χ0v) is 9.46. The first-order chi connectivity index (χ1) is 8.74. The van der Waals surface area contributed by atoms with Crippen molar-refractivity contribution in [3.8, 4) is 5.75 Å². The molecule has 6 heteroatoms. The predicted octanol–water partition coefficient (Wildman–Crippen LogP) is 1.23. The number of aromatic amines is 1. The van der Waals surface area contributed by atoms with Crippen LogP contribution in [0.5, 0.6) is 5.75 Å². The van der Waals surface area contributed by atoms with Crippen LogP contribution >= 0.6 is 0 Å². The topological polar surface area (TPSA) is 101 Å². The van der Waals surface area contributed by atoms with Gasteiger partial charge in [-0.2, -0.15) is 4.98 Å². The maximum Gasteiger partial charge on any atom is 0.222 e. The first-order valence-electron chi connectivity index (χ1n) is 5.46. The zero-order chi connectivity index (χ0) is 12.5. The number of nitrogens with one attached hydrogen (secondary N) is 1. The van der Waals surface area contributed by atoms with Gasteiger partial charge in [0.25, 0.3) is 0 Å². The number of benzene rings is 1. The molecule has 1 aromatic carbocycles. The Morgan fingerprint density at radius 2 is 2.06 bits per heavy atom. The number of phenolic OH excluding ortho intramolecular Hbond substituents is 1. The average molecular weight is 241 g/mol. The zero-order valence-electron chi connectivity index (χ0n) is 9.46. The molecule has 6 nitrogen and oxygen atoms in total. The van der Waals surface area contributed by atoms with Crippen molar-refractivity contribution in [3.05, 3.63) is 41.9 Å². The number of nitrogens with zero attached hydrogens (tertiary/aromatic N) is 3. The molecule has 0 atom stereocenters. The second-order valence-corrected chi connectivity index (χ2v) is 3.94. The van der Waals surface area contributed by atoms with Crippen molar-refractivity contribution >= 4 is 17.1 Å². The Balaban J connectivity index is 2.10. The van der Waals surface area contributed by atoms with Gasteiger partial charge in [-0.3, -0.25) is 0 Å². The van der Waals surface area contributed by atoms with Crippen molar-refractivity contribution in [1.29, 1.82) is 0 Å². The summed E-state index contributed by atoms with van der Waals surface area (Å²) in [6.45, 7) is 0. The van der Waals surface area contributed by atoms with Gasteiger partial charge in [0.15, 0.2) is 5.65 Å². The van der Waals surface area contributed by atoms with Crippen LogP contribution in [0.25, 0.3) is 11.2 Å². The molecular formula is C12H11N5O. The fourth-order valence-electron chi connectivity index (χ4n) is 1.88. The first-order valence-corrected chi connectivity index (χ1v) is 5.46. The minimum atomic E-state index is 0.181. The smallest absolute Gasteiger partial charge is 0.222 e. The number of nitrogens with two attached hydrogens (primary N) is 1. The monoisotopic (exact) mass is 241 g/mol. The highest BCUT2D eigenvalue weighted by molar-refractivity contribution is 5.74. The Kier molecular flexibility index (Phi) is 2.33. The number of anilines is 1. The van der Waals surface area contributed by atoms with Crippen LogP contribution in [0.15, 0.2) is 30.6 Å². The van der Waals surface area contributed by atoms with Gasteiger partial charge in [-0.25, -0.2) is 9.97 Å². The van der Waals surface area contributed by atoms with Crippen LogP contribution in [-0.4, -0.2) is 25.0 Å². The lowest BCUT2D eigenvalue weighted by atomic mass is 10.1. The highest BCUT2D eigenvalue weighted by Crippen LogP contribution is 2.22. The largest absolute Gasteiger partial charge is 0.508 e. The van der Waals surface area contributed by atoms with E-state index in [1.54, 1.807) is 18.5 Å². The maximum atomic E-state index is 9.76. The van der Waals surface area contributed by atoms with E-state index in [1.807, 2.05) is 12.1 Å². The average Bonchev–Trinajstić information content (AvgIpc) is 2.80. The molecule has 3 rings (SSSR count). The summed E-state index contributed by atoms with van der Waals surface area (Å²) in [4.78, 5) is 15.3. The van der Waals surface area contributed by atoms with Crippen molar-refractivity contribution in [1.82, 2.24) is 19.9 Å². The summed E-state index contributed by atoms with van der Waals surface area (Å²) >= 11 is 0. The third-order valence-electron chi connectivity index (χ3n) is 2.73. The number of aromatic nitrogens is 4. The van der Waals surface area contributed by atoms with E-state index >= 15 is 0 Å². The molecule has 0 saturated carbocycles. The summed E-state index contributed by atoms with van der Waals surface area (Å²) in [5.74, 6) is 0.419. The normalized spacial score (nSPS) is 10.9. The molecule has 0 amide bonds. The summed E-state index contributed by atoms with van der Waals surface area (Å²) in [7, 11) is 0. The molecular weight excluding hydrogens is 230 g/mol. The number of phenols is 1. The van der Waals surface area contributed by atoms with Gasteiger partial charge in [0.1, 0.15) is 11.3 Å². The SMILES string of the molecule is Nc1nc(Cc2ccccc2O)c2[nH]cnc2n1. The summed E-state index contributed by atoms with van der Waals surface area (Å²) < 4.78 is 0. The van der Waals surface area contributed by atoms with E-state index in [0.29, 0.717) is 12.1 Å². The van der Waals surface area contributed by atoms with Crippen LogP contribution in [0.3, 0.4) is 0 Å². The molecule has 2 aromatic heterocycles. The number of H-pyrrole nitrogens is 1. The first kappa shape index (κ1) is 10.5. The van der Waals surface area contributed by atoms with E-state index < -0.39 is 0 Å². The molecule has 0 radical (unpaired) electrons. The molecule has 0 bridgehead atoms. The van der Waals surface area contributed by atoms with Gasteiger partial charge >= 0.3 is 0 Å².